The van der Waals surface area contributed by atoms with Gasteiger partial charge in [-0.1, -0.05) is 76.1 Å². The monoisotopic (exact) mass is 436 g/mol. The lowest BCUT2D eigenvalue weighted by atomic mass is 10.1. The van der Waals surface area contributed by atoms with E-state index in [4.69, 9.17) is 11.6 Å². The van der Waals surface area contributed by atoms with Gasteiger partial charge in [0.1, 0.15) is 11.5 Å². The second-order valence-corrected chi connectivity index (χ2v) is 7.26. The van der Waals surface area contributed by atoms with Crippen LogP contribution < -0.4 is 4.90 Å². The van der Waals surface area contributed by atoms with Crippen molar-refractivity contribution in [1.82, 2.24) is 0 Å². The highest BCUT2D eigenvalue weighted by molar-refractivity contribution is 9.10. The van der Waals surface area contributed by atoms with Gasteiger partial charge in [0.25, 0.3) is 5.91 Å². The van der Waals surface area contributed by atoms with Crippen molar-refractivity contribution in [3.05, 3.63) is 105 Å². The van der Waals surface area contributed by atoms with Crippen molar-refractivity contribution < 1.29 is 4.79 Å². The summed E-state index contributed by atoms with van der Waals surface area (Å²) in [5, 5.41) is 0.616. The fraction of sp³-hybridized carbons (Fsp3) is 0. The predicted molar refractivity (Wildman–Crippen MR) is 114 cm³/mol. The van der Waals surface area contributed by atoms with E-state index in [1.54, 1.807) is 23.1 Å². The zero-order valence-corrected chi connectivity index (χ0v) is 16.5. The molecule has 0 N–H and O–H groups in total. The molecule has 0 atom stereocenters. The second-order valence-electron chi connectivity index (χ2n) is 5.97. The molecule has 1 amide bonds. The van der Waals surface area contributed by atoms with Crippen molar-refractivity contribution in [3.8, 4) is 0 Å². The summed E-state index contributed by atoms with van der Waals surface area (Å²) in [4.78, 5) is 19.5. The van der Waals surface area contributed by atoms with E-state index < -0.39 is 0 Å². The zero-order chi connectivity index (χ0) is 18.8. The van der Waals surface area contributed by atoms with E-state index in [1.807, 2.05) is 66.7 Å². The number of halogens is 2. The summed E-state index contributed by atoms with van der Waals surface area (Å²) in [6, 6.07) is 24.6. The highest BCUT2D eigenvalue weighted by Gasteiger charge is 2.33. The molecule has 1 aliphatic heterocycles. The molecule has 0 spiro atoms. The largest absolute Gasteiger partial charge is 0.282 e. The Balaban J connectivity index is 1.85. The number of aliphatic imine (C=N–C) groups is 1. The van der Waals surface area contributed by atoms with Gasteiger partial charge < -0.3 is 0 Å². The highest BCUT2D eigenvalue weighted by atomic mass is 79.9. The van der Waals surface area contributed by atoms with Crippen molar-refractivity contribution in [2.75, 3.05) is 4.90 Å². The third kappa shape index (κ3) is 3.59. The van der Waals surface area contributed by atoms with Crippen LogP contribution in [0.4, 0.5) is 5.69 Å². The molecular formula is C22H14BrClN2O. The molecular weight excluding hydrogens is 424 g/mol. The molecule has 132 valence electrons. The lowest BCUT2D eigenvalue weighted by Gasteiger charge is -2.19. The van der Waals surface area contributed by atoms with Gasteiger partial charge >= 0.3 is 0 Å². The number of amidine groups is 1. The summed E-state index contributed by atoms with van der Waals surface area (Å²) in [7, 11) is 0. The maximum atomic E-state index is 13.2. The number of hydrogen-bond donors (Lipinski definition) is 0. The van der Waals surface area contributed by atoms with Crippen LogP contribution in [-0.2, 0) is 4.79 Å². The number of benzene rings is 3. The molecule has 0 unspecified atom stereocenters. The van der Waals surface area contributed by atoms with Gasteiger partial charge in [0.15, 0.2) is 0 Å². The van der Waals surface area contributed by atoms with E-state index in [-0.39, 0.29) is 5.91 Å². The first-order valence-corrected chi connectivity index (χ1v) is 9.51. The Morgan fingerprint density at radius 1 is 0.889 bits per heavy atom. The Morgan fingerprint density at radius 3 is 2.26 bits per heavy atom. The van der Waals surface area contributed by atoms with Crippen molar-refractivity contribution >= 4 is 51.0 Å². The normalized spacial score (nSPS) is 15.3. The van der Waals surface area contributed by atoms with Gasteiger partial charge in [-0.25, -0.2) is 4.99 Å². The topological polar surface area (TPSA) is 32.7 Å². The molecule has 0 aromatic heterocycles. The first-order valence-electron chi connectivity index (χ1n) is 8.34. The quantitative estimate of drug-likeness (QED) is 0.467. The van der Waals surface area contributed by atoms with Crippen LogP contribution in [0.25, 0.3) is 6.08 Å². The van der Waals surface area contributed by atoms with Crippen LogP contribution in [0.3, 0.4) is 0 Å². The summed E-state index contributed by atoms with van der Waals surface area (Å²) in [5.41, 5.74) is 2.88. The fourth-order valence-electron chi connectivity index (χ4n) is 2.88. The summed E-state index contributed by atoms with van der Waals surface area (Å²) in [5.74, 6) is 0.406. The first-order chi connectivity index (χ1) is 13.1. The third-order valence-corrected chi connectivity index (χ3v) is 5.11. The van der Waals surface area contributed by atoms with Crippen molar-refractivity contribution in [2.45, 2.75) is 0 Å². The molecule has 0 aliphatic carbocycles. The lowest BCUT2D eigenvalue weighted by molar-refractivity contribution is -0.113. The molecule has 4 rings (SSSR count). The molecule has 5 heteroatoms. The number of amides is 1. The minimum atomic E-state index is -0.174. The SMILES string of the molecule is O=C1/C(=C\c2ccccc2)N=C(c2ccccc2Br)N1c1ccc(Cl)cc1. The van der Waals surface area contributed by atoms with Crippen LogP contribution in [0.1, 0.15) is 11.1 Å². The summed E-state index contributed by atoms with van der Waals surface area (Å²) < 4.78 is 0.872. The van der Waals surface area contributed by atoms with E-state index in [0.29, 0.717) is 16.6 Å². The Labute approximate surface area is 170 Å². The van der Waals surface area contributed by atoms with Gasteiger partial charge in [0.2, 0.25) is 0 Å². The minimum absolute atomic E-state index is 0.174. The number of rotatable bonds is 3. The molecule has 3 aromatic rings. The predicted octanol–water partition coefficient (Wildman–Crippen LogP) is 5.94. The fourth-order valence-corrected chi connectivity index (χ4v) is 3.46. The smallest absolute Gasteiger partial charge is 0.266 e. The Morgan fingerprint density at radius 2 is 1.56 bits per heavy atom. The molecule has 1 aliphatic rings. The van der Waals surface area contributed by atoms with Gasteiger partial charge in [-0.05, 0) is 42.0 Å². The van der Waals surface area contributed by atoms with Crippen molar-refractivity contribution in [3.63, 3.8) is 0 Å². The van der Waals surface area contributed by atoms with Crippen molar-refractivity contribution in [1.29, 1.82) is 0 Å². The molecule has 0 bridgehead atoms. The number of nitrogens with zero attached hydrogens (tertiary/aromatic N) is 2. The maximum Gasteiger partial charge on any atom is 0.282 e. The van der Waals surface area contributed by atoms with E-state index >= 15 is 0 Å². The third-order valence-electron chi connectivity index (χ3n) is 4.16. The van der Waals surface area contributed by atoms with Gasteiger partial charge in [0.05, 0.1) is 5.69 Å². The Hall–Kier alpha value is -2.69. The van der Waals surface area contributed by atoms with Crippen LogP contribution in [-0.4, -0.2) is 11.7 Å². The number of hydrogen-bond acceptors (Lipinski definition) is 2. The van der Waals surface area contributed by atoms with Gasteiger partial charge in [-0.2, -0.15) is 0 Å². The van der Waals surface area contributed by atoms with E-state index in [0.717, 1.165) is 21.3 Å². The van der Waals surface area contributed by atoms with E-state index in [2.05, 4.69) is 20.9 Å². The van der Waals surface area contributed by atoms with Crippen LogP contribution in [0.15, 0.2) is 94.0 Å². The second kappa shape index (κ2) is 7.51. The molecule has 3 aromatic carbocycles. The van der Waals surface area contributed by atoms with Gasteiger partial charge in [0, 0.05) is 15.1 Å². The van der Waals surface area contributed by atoms with Crippen molar-refractivity contribution in [2.24, 2.45) is 4.99 Å². The zero-order valence-electron chi connectivity index (χ0n) is 14.1. The molecule has 0 saturated heterocycles. The molecule has 0 radical (unpaired) electrons. The average molecular weight is 438 g/mol. The van der Waals surface area contributed by atoms with Crippen LogP contribution >= 0.6 is 27.5 Å². The molecule has 1 heterocycles. The summed E-state index contributed by atoms with van der Waals surface area (Å²) in [6.07, 6.45) is 1.80. The first kappa shape index (κ1) is 17.7. The van der Waals surface area contributed by atoms with Crippen LogP contribution in [0.2, 0.25) is 5.02 Å². The van der Waals surface area contributed by atoms with Crippen LogP contribution in [0.5, 0.6) is 0 Å². The van der Waals surface area contributed by atoms with E-state index in [1.165, 1.54) is 0 Å². The van der Waals surface area contributed by atoms with Gasteiger partial charge in [-0.3, -0.25) is 9.69 Å². The van der Waals surface area contributed by atoms with Gasteiger partial charge in [-0.15, -0.1) is 0 Å². The minimum Gasteiger partial charge on any atom is -0.266 e. The molecule has 0 fully saturated rings. The summed E-state index contributed by atoms with van der Waals surface area (Å²) in [6.45, 7) is 0. The number of anilines is 1. The van der Waals surface area contributed by atoms with E-state index in [9.17, 15) is 4.79 Å². The molecule has 3 nitrogen and oxygen atoms in total. The molecule has 0 saturated carbocycles. The lowest BCUT2D eigenvalue weighted by Crippen LogP contribution is -2.32. The Kier molecular flexibility index (Phi) is 4.92. The highest BCUT2D eigenvalue weighted by Crippen LogP contribution is 2.31. The summed E-state index contributed by atoms with van der Waals surface area (Å²) >= 11 is 9.58. The maximum absolute atomic E-state index is 13.2. The van der Waals surface area contributed by atoms with Crippen LogP contribution in [0, 0.1) is 0 Å². The standard InChI is InChI=1S/C22H14BrClN2O/c23-19-9-5-4-8-18(19)21-25-20(14-15-6-2-1-3-7-15)22(27)26(21)17-12-10-16(24)11-13-17/h1-14H/b20-14+. The Bertz CT molecular complexity index is 1060. The number of carbonyl (C=O) groups excluding carboxylic acids is 1. The molecule has 27 heavy (non-hydrogen) atoms. The average Bonchev–Trinajstić information content (AvgIpc) is 3.00. The number of carbonyl (C=O) groups is 1.